The first kappa shape index (κ1) is 29.4. The molecule has 0 aromatic heterocycles. The SMILES string of the molecule is C=C(C)C(=C)Oc1ccc(/C=C/c2ccc(/C=C/c3ccc(OC(=O)C(=C)C)cc3)c(OC(=O)C(=C)C)c2)cc1. The largest absolute Gasteiger partial charge is 0.458 e. The molecule has 3 aromatic rings. The van der Waals surface area contributed by atoms with Gasteiger partial charge in [-0.2, -0.15) is 0 Å². The molecule has 0 aliphatic carbocycles. The van der Waals surface area contributed by atoms with Gasteiger partial charge in [-0.05, 0) is 73.4 Å². The fraction of sp³-hybridized carbons (Fsp3) is 0.0857. The molecular weight excluding hydrogens is 500 g/mol. The lowest BCUT2D eigenvalue weighted by molar-refractivity contribution is -0.130. The summed E-state index contributed by atoms with van der Waals surface area (Å²) in [6.07, 6.45) is 7.61. The molecule has 0 fully saturated rings. The van der Waals surface area contributed by atoms with E-state index in [1.807, 2.05) is 79.8 Å². The Morgan fingerprint density at radius 1 is 0.550 bits per heavy atom. The lowest BCUT2D eigenvalue weighted by Crippen LogP contribution is -2.09. The number of benzene rings is 3. The van der Waals surface area contributed by atoms with Crippen molar-refractivity contribution in [2.24, 2.45) is 0 Å². The van der Waals surface area contributed by atoms with Gasteiger partial charge in [0.25, 0.3) is 0 Å². The summed E-state index contributed by atoms with van der Waals surface area (Å²) in [5, 5.41) is 0. The Kier molecular flexibility index (Phi) is 9.98. The van der Waals surface area contributed by atoms with Gasteiger partial charge in [-0.3, -0.25) is 0 Å². The van der Waals surface area contributed by atoms with Crippen molar-refractivity contribution in [1.82, 2.24) is 0 Å². The fourth-order valence-corrected chi connectivity index (χ4v) is 3.16. The van der Waals surface area contributed by atoms with Gasteiger partial charge in [0, 0.05) is 16.7 Å². The van der Waals surface area contributed by atoms with Crippen LogP contribution in [0.25, 0.3) is 24.3 Å². The Morgan fingerprint density at radius 2 is 1.00 bits per heavy atom. The zero-order valence-electron chi connectivity index (χ0n) is 23.0. The Balaban J connectivity index is 1.79. The number of rotatable bonds is 11. The van der Waals surface area contributed by atoms with E-state index in [0.29, 0.717) is 39.7 Å². The molecule has 5 nitrogen and oxygen atoms in total. The van der Waals surface area contributed by atoms with Gasteiger partial charge >= 0.3 is 11.9 Å². The Bertz CT molecular complexity index is 1520. The molecule has 0 aliphatic heterocycles. The summed E-state index contributed by atoms with van der Waals surface area (Å²) in [6, 6.07) is 20.2. The standard InChI is InChI=1S/C35H32O5/c1-23(2)26(7)38-31-18-12-27(13-19-31)8-9-29-11-17-30(33(22-29)40-35(37)25(5)6)16-10-28-14-20-32(21-15-28)39-34(36)24(3)4/h8-22H,1,3,5,7H2,2,4,6H3/b9-8+,16-10+. The van der Waals surface area contributed by atoms with E-state index >= 15 is 0 Å². The minimum absolute atomic E-state index is 0.299. The van der Waals surface area contributed by atoms with Gasteiger partial charge < -0.3 is 14.2 Å². The number of carbonyl (C=O) groups is 2. The van der Waals surface area contributed by atoms with E-state index in [1.165, 1.54) is 0 Å². The zero-order chi connectivity index (χ0) is 29.2. The van der Waals surface area contributed by atoms with Crippen LogP contribution in [0.4, 0.5) is 0 Å². The highest BCUT2D eigenvalue weighted by atomic mass is 16.5. The average Bonchev–Trinajstić information content (AvgIpc) is 2.92. The van der Waals surface area contributed by atoms with E-state index in [-0.39, 0.29) is 0 Å². The molecule has 0 bridgehead atoms. The third kappa shape index (κ3) is 8.71. The molecule has 0 amide bonds. The molecule has 3 aromatic carbocycles. The molecule has 0 spiro atoms. The number of hydrogen-bond acceptors (Lipinski definition) is 5. The predicted octanol–water partition coefficient (Wildman–Crippen LogP) is 8.46. The van der Waals surface area contributed by atoms with Gasteiger partial charge in [0.2, 0.25) is 0 Å². The van der Waals surface area contributed by atoms with Crippen molar-refractivity contribution >= 4 is 36.2 Å². The average molecular weight is 533 g/mol. The molecular formula is C35H32O5. The Morgan fingerprint density at radius 3 is 1.52 bits per heavy atom. The normalized spacial score (nSPS) is 10.8. The molecule has 0 aliphatic rings. The summed E-state index contributed by atoms with van der Waals surface area (Å²) in [4.78, 5) is 24.0. The number of esters is 2. The Hall–Kier alpha value is -5.16. The van der Waals surface area contributed by atoms with E-state index in [9.17, 15) is 9.59 Å². The second-order valence-electron chi connectivity index (χ2n) is 9.25. The highest BCUT2D eigenvalue weighted by molar-refractivity contribution is 5.90. The van der Waals surface area contributed by atoms with Gasteiger partial charge in [-0.15, -0.1) is 0 Å². The second-order valence-corrected chi connectivity index (χ2v) is 9.25. The molecule has 40 heavy (non-hydrogen) atoms. The molecule has 0 saturated heterocycles. The minimum atomic E-state index is -0.508. The van der Waals surface area contributed by atoms with Crippen molar-refractivity contribution in [3.8, 4) is 17.2 Å². The smallest absolute Gasteiger partial charge is 0.338 e. The summed E-state index contributed by atoms with van der Waals surface area (Å²) < 4.78 is 16.5. The van der Waals surface area contributed by atoms with E-state index < -0.39 is 11.9 Å². The maximum atomic E-state index is 12.3. The highest BCUT2D eigenvalue weighted by Crippen LogP contribution is 2.26. The van der Waals surface area contributed by atoms with E-state index in [1.54, 1.807) is 32.0 Å². The topological polar surface area (TPSA) is 61.8 Å². The van der Waals surface area contributed by atoms with Crippen molar-refractivity contribution in [2.75, 3.05) is 0 Å². The molecule has 3 rings (SSSR count). The van der Waals surface area contributed by atoms with Crippen molar-refractivity contribution < 1.29 is 23.8 Å². The van der Waals surface area contributed by atoms with Crippen LogP contribution in [0.5, 0.6) is 17.2 Å². The van der Waals surface area contributed by atoms with E-state index in [2.05, 4.69) is 26.3 Å². The van der Waals surface area contributed by atoms with Crippen LogP contribution in [0.2, 0.25) is 0 Å². The summed E-state index contributed by atoms with van der Waals surface area (Å²) in [5.74, 6) is 1.05. The first-order chi connectivity index (χ1) is 19.0. The highest BCUT2D eigenvalue weighted by Gasteiger charge is 2.10. The van der Waals surface area contributed by atoms with Crippen LogP contribution in [0.15, 0.2) is 116 Å². The van der Waals surface area contributed by atoms with Crippen molar-refractivity contribution in [3.05, 3.63) is 138 Å². The second kappa shape index (κ2) is 13.6. The maximum Gasteiger partial charge on any atom is 0.338 e. The molecule has 5 heteroatoms. The van der Waals surface area contributed by atoms with Crippen molar-refractivity contribution in [1.29, 1.82) is 0 Å². The van der Waals surface area contributed by atoms with Crippen molar-refractivity contribution in [2.45, 2.75) is 20.8 Å². The molecule has 202 valence electrons. The first-order valence-electron chi connectivity index (χ1n) is 12.5. The third-order valence-electron chi connectivity index (χ3n) is 5.55. The summed E-state index contributed by atoms with van der Waals surface area (Å²) in [5.41, 5.74) is 4.79. The molecule has 0 heterocycles. The Labute approximate surface area is 235 Å². The van der Waals surface area contributed by atoms with Crippen LogP contribution in [0, 0.1) is 0 Å². The van der Waals surface area contributed by atoms with Gasteiger partial charge in [-0.1, -0.05) is 87.0 Å². The summed E-state index contributed by atoms with van der Waals surface area (Å²) in [6.45, 7) is 20.0. The summed E-state index contributed by atoms with van der Waals surface area (Å²) in [7, 11) is 0. The molecule has 0 unspecified atom stereocenters. The fourth-order valence-electron chi connectivity index (χ4n) is 3.16. The molecule has 0 atom stereocenters. The first-order valence-corrected chi connectivity index (χ1v) is 12.5. The summed E-state index contributed by atoms with van der Waals surface area (Å²) >= 11 is 0. The third-order valence-corrected chi connectivity index (χ3v) is 5.55. The molecule has 0 saturated carbocycles. The lowest BCUT2D eigenvalue weighted by atomic mass is 10.1. The molecule has 0 radical (unpaired) electrons. The van der Waals surface area contributed by atoms with Crippen molar-refractivity contribution in [3.63, 3.8) is 0 Å². The van der Waals surface area contributed by atoms with Crippen LogP contribution in [-0.4, -0.2) is 11.9 Å². The maximum absolute atomic E-state index is 12.3. The quantitative estimate of drug-likeness (QED) is 0.0619. The monoisotopic (exact) mass is 532 g/mol. The number of ether oxygens (including phenoxy) is 3. The number of carbonyl (C=O) groups excluding carboxylic acids is 2. The van der Waals surface area contributed by atoms with Gasteiger partial charge in [0.15, 0.2) is 0 Å². The van der Waals surface area contributed by atoms with Gasteiger partial charge in [0.05, 0.1) is 0 Å². The van der Waals surface area contributed by atoms with Crippen LogP contribution < -0.4 is 14.2 Å². The van der Waals surface area contributed by atoms with Gasteiger partial charge in [-0.25, -0.2) is 9.59 Å². The lowest BCUT2D eigenvalue weighted by Gasteiger charge is -2.09. The number of allylic oxidation sites excluding steroid dienone is 1. The molecule has 0 N–H and O–H groups in total. The van der Waals surface area contributed by atoms with E-state index in [0.717, 1.165) is 22.3 Å². The minimum Gasteiger partial charge on any atom is -0.458 e. The van der Waals surface area contributed by atoms with Crippen LogP contribution in [0.3, 0.4) is 0 Å². The zero-order valence-corrected chi connectivity index (χ0v) is 23.0. The van der Waals surface area contributed by atoms with Crippen LogP contribution in [0.1, 0.15) is 43.0 Å². The van der Waals surface area contributed by atoms with Crippen LogP contribution >= 0.6 is 0 Å². The van der Waals surface area contributed by atoms with Gasteiger partial charge in [0.1, 0.15) is 23.0 Å². The number of hydrogen-bond donors (Lipinski definition) is 0. The predicted molar refractivity (Wildman–Crippen MR) is 163 cm³/mol. The van der Waals surface area contributed by atoms with E-state index in [4.69, 9.17) is 14.2 Å². The van der Waals surface area contributed by atoms with Crippen LogP contribution in [-0.2, 0) is 9.59 Å².